The van der Waals surface area contributed by atoms with Gasteiger partial charge in [0.15, 0.2) is 0 Å². The highest BCUT2D eigenvalue weighted by Gasteiger charge is 2.28. The van der Waals surface area contributed by atoms with Crippen molar-refractivity contribution < 1.29 is 14.3 Å². The van der Waals surface area contributed by atoms with Crippen molar-refractivity contribution in [1.29, 1.82) is 0 Å². The van der Waals surface area contributed by atoms with Crippen LogP contribution < -0.4 is 15.5 Å². The Kier molecular flexibility index (Phi) is 7.86. The zero-order valence-electron chi connectivity index (χ0n) is 17.7. The number of aromatic nitrogens is 1. The summed E-state index contributed by atoms with van der Waals surface area (Å²) in [6.07, 6.45) is 7.07. The van der Waals surface area contributed by atoms with E-state index in [1.54, 1.807) is 6.20 Å². The van der Waals surface area contributed by atoms with E-state index in [4.69, 9.17) is 4.74 Å². The van der Waals surface area contributed by atoms with Crippen LogP contribution in [0.4, 0.5) is 5.82 Å². The smallest absolute Gasteiger partial charge is 0.243 e. The standard InChI is InChI=1S/C22H34N4O3/c1-16(2)20(25-21(27)18-6-4-3-5-7-18)22(28)24-15-17-8-9-19(23-14-17)26-10-12-29-13-11-26/h8-9,14,16,18,20H,3-7,10-13,15H2,1-2H3,(H,24,28)(H,25,27). The molecule has 7 nitrogen and oxygen atoms in total. The number of nitrogens with one attached hydrogen (secondary N) is 2. The predicted octanol–water partition coefficient (Wildman–Crippen LogP) is 2.26. The normalized spacial score (nSPS) is 19.1. The van der Waals surface area contributed by atoms with Gasteiger partial charge in [0.25, 0.3) is 0 Å². The van der Waals surface area contributed by atoms with E-state index in [0.29, 0.717) is 6.54 Å². The molecule has 2 amide bonds. The summed E-state index contributed by atoms with van der Waals surface area (Å²) in [7, 11) is 0. The van der Waals surface area contributed by atoms with Crippen LogP contribution >= 0.6 is 0 Å². The first kappa shape index (κ1) is 21.6. The zero-order chi connectivity index (χ0) is 20.6. The molecule has 1 unspecified atom stereocenters. The number of pyridine rings is 1. The Morgan fingerprint density at radius 3 is 2.52 bits per heavy atom. The fraction of sp³-hybridized carbons (Fsp3) is 0.682. The van der Waals surface area contributed by atoms with Gasteiger partial charge >= 0.3 is 0 Å². The van der Waals surface area contributed by atoms with Crippen LogP contribution in [0.15, 0.2) is 18.3 Å². The number of hydrogen-bond acceptors (Lipinski definition) is 5. The van der Waals surface area contributed by atoms with Gasteiger partial charge in [-0.15, -0.1) is 0 Å². The first-order chi connectivity index (χ1) is 14.0. The fourth-order valence-electron chi connectivity index (χ4n) is 3.97. The predicted molar refractivity (Wildman–Crippen MR) is 112 cm³/mol. The molecular formula is C22H34N4O3. The number of rotatable bonds is 7. The highest BCUT2D eigenvalue weighted by atomic mass is 16.5. The molecule has 1 aliphatic heterocycles. The van der Waals surface area contributed by atoms with E-state index in [9.17, 15) is 9.59 Å². The Morgan fingerprint density at radius 1 is 1.17 bits per heavy atom. The molecule has 1 aliphatic carbocycles. The minimum atomic E-state index is -0.509. The SMILES string of the molecule is CC(C)C(NC(=O)C1CCCCC1)C(=O)NCc1ccc(N2CCOCC2)nc1. The number of amides is 2. The van der Waals surface area contributed by atoms with Crippen LogP contribution in [0.5, 0.6) is 0 Å². The number of anilines is 1. The minimum Gasteiger partial charge on any atom is -0.378 e. The second-order valence-corrected chi connectivity index (χ2v) is 8.41. The average Bonchev–Trinajstić information content (AvgIpc) is 2.77. The maximum Gasteiger partial charge on any atom is 0.243 e. The molecule has 7 heteroatoms. The van der Waals surface area contributed by atoms with Crippen molar-refractivity contribution in [3.8, 4) is 0 Å². The van der Waals surface area contributed by atoms with Gasteiger partial charge in [-0.05, 0) is 30.4 Å². The summed E-state index contributed by atoms with van der Waals surface area (Å²) in [5.74, 6) is 0.902. The van der Waals surface area contributed by atoms with E-state index in [1.807, 2.05) is 26.0 Å². The van der Waals surface area contributed by atoms with Crippen molar-refractivity contribution in [2.24, 2.45) is 11.8 Å². The molecule has 1 atom stereocenters. The van der Waals surface area contributed by atoms with Crippen molar-refractivity contribution in [3.05, 3.63) is 23.9 Å². The third kappa shape index (κ3) is 6.16. The molecule has 29 heavy (non-hydrogen) atoms. The molecule has 2 heterocycles. The van der Waals surface area contributed by atoms with E-state index in [1.165, 1.54) is 6.42 Å². The molecule has 1 aromatic rings. The zero-order valence-corrected chi connectivity index (χ0v) is 17.7. The molecule has 2 fully saturated rings. The van der Waals surface area contributed by atoms with E-state index < -0.39 is 6.04 Å². The lowest BCUT2D eigenvalue weighted by atomic mass is 9.88. The number of morpholine rings is 1. The lowest BCUT2D eigenvalue weighted by Crippen LogP contribution is -2.51. The molecule has 1 aromatic heterocycles. The molecule has 160 valence electrons. The first-order valence-electron chi connectivity index (χ1n) is 10.9. The molecular weight excluding hydrogens is 368 g/mol. The van der Waals surface area contributed by atoms with Crippen LogP contribution in [0.1, 0.15) is 51.5 Å². The van der Waals surface area contributed by atoms with Crippen molar-refractivity contribution in [3.63, 3.8) is 0 Å². The maximum atomic E-state index is 12.7. The van der Waals surface area contributed by atoms with Crippen molar-refractivity contribution in [1.82, 2.24) is 15.6 Å². The number of nitrogens with zero attached hydrogens (tertiary/aromatic N) is 2. The summed E-state index contributed by atoms with van der Waals surface area (Å²) in [4.78, 5) is 32.0. The molecule has 2 N–H and O–H groups in total. The molecule has 0 radical (unpaired) electrons. The van der Waals surface area contributed by atoms with Crippen molar-refractivity contribution in [2.45, 2.75) is 58.5 Å². The Labute approximate surface area is 173 Å². The summed E-state index contributed by atoms with van der Waals surface area (Å²) < 4.78 is 5.37. The third-order valence-corrected chi connectivity index (χ3v) is 5.83. The highest BCUT2D eigenvalue weighted by Crippen LogP contribution is 2.24. The molecule has 2 aliphatic rings. The summed E-state index contributed by atoms with van der Waals surface area (Å²) in [6.45, 7) is 7.47. The number of carbonyl (C=O) groups excluding carboxylic acids is 2. The van der Waals surface area contributed by atoms with Crippen LogP contribution in [-0.2, 0) is 20.9 Å². The van der Waals surface area contributed by atoms with Gasteiger partial charge in [0.1, 0.15) is 11.9 Å². The number of ether oxygens (including phenoxy) is 1. The molecule has 1 saturated carbocycles. The van der Waals surface area contributed by atoms with Crippen LogP contribution in [-0.4, -0.2) is 49.1 Å². The maximum absolute atomic E-state index is 12.7. The Morgan fingerprint density at radius 2 is 1.90 bits per heavy atom. The summed E-state index contributed by atoms with van der Waals surface area (Å²) in [5.41, 5.74) is 0.941. The molecule has 0 spiro atoms. The summed E-state index contributed by atoms with van der Waals surface area (Å²) in [6, 6.07) is 3.46. The third-order valence-electron chi connectivity index (χ3n) is 5.83. The Bertz CT molecular complexity index is 665. The molecule has 0 aromatic carbocycles. The number of carbonyl (C=O) groups is 2. The molecule has 3 rings (SSSR count). The van der Waals surface area contributed by atoms with Crippen LogP contribution in [0.25, 0.3) is 0 Å². The lowest BCUT2D eigenvalue weighted by molar-refractivity contribution is -0.132. The van der Waals surface area contributed by atoms with Gasteiger partial charge in [-0.3, -0.25) is 9.59 Å². The molecule has 1 saturated heterocycles. The minimum absolute atomic E-state index is 0.0232. The molecule has 0 bridgehead atoms. The van der Waals surface area contributed by atoms with Gasteiger partial charge in [-0.2, -0.15) is 0 Å². The fourth-order valence-corrected chi connectivity index (χ4v) is 3.97. The van der Waals surface area contributed by atoms with Crippen molar-refractivity contribution in [2.75, 3.05) is 31.2 Å². The van der Waals surface area contributed by atoms with E-state index >= 15 is 0 Å². The average molecular weight is 403 g/mol. The van der Waals surface area contributed by atoms with Gasteiger partial charge in [0.2, 0.25) is 11.8 Å². The first-order valence-corrected chi connectivity index (χ1v) is 10.9. The topological polar surface area (TPSA) is 83.6 Å². The lowest BCUT2D eigenvalue weighted by Gasteiger charge is -2.28. The van der Waals surface area contributed by atoms with Gasteiger partial charge in [0.05, 0.1) is 13.2 Å². The Hall–Kier alpha value is -2.15. The highest BCUT2D eigenvalue weighted by molar-refractivity contribution is 5.88. The monoisotopic (exact) mass is 402 g/mol. The van der Waals surface area contributed by atoms with Crippen LogP contribution in [0, 0.1) is 11.8 Å². The van der Waals surface area contributed by atoms with Gasteiger partial charge in [0, 0.05) is 31.7 Å². The van der Waals surface area contributed by atoms with E-state index in [2.05, 4.69) is 20.5 Å². The van der Waals surface area contributed by atoms with Crippen LogP contribution in [0.3, 0.4) is 0 Å². The van der Waals surface area contributed by atoms with E-state index in [-0.39, 0.29) is 23.7 Å². The van der Waals surface area contributed by atoms with Crippen LogP contribution in [0.2, 0.25) is 0 Å². The second-order valence-electron chi connectivity index (χ2n) is 8.41. The number of hydrogen-bond donors (Lipinski definition) is 2. The summed E-state index contributed by atoms with van der Waals surface area (Å²) in [5, 5.41) is 5.95. The van der Waals surface area contributed by atoms with Gasteiger partial charge in [-0.25, -0.2) is 4.98 Å². The Balaban J connectivity index is 1.51. The largest absolute Gasteiger partial charge is 0.378 e. The quantitative estimate of drug-likeness (QED) is 0.731. The second kappa shape index (κ2) is 10.6. The van der Waals surface area contributed by atoms with Gasteiger partial charge < -0.3 is 20.3 Å². The summed E-state index contributed by atoms with van der Waals surface area (Å²) >= 11 is 0. The van der Waals surface area contributed by atoms with Crippen molar-refractivity contribution >= 4 is 17.6 Å². The van der Waals surface area contributed by atoms with E-state index in [0.717, 1.165) is 63.4 Å². The van der Waals surface area contributed by atoms with Gasteiger partial charge in [-0.1, -0.05) is 39.2 Å².